The lowest BCUT2D eigenvalue weighted by atomic mass is 10.2. The molecule has 1 aromatic rings. The number of rotatable bonds is 5. The van der Waals surface area contributed by atoms with Crippen molar-refractivity contribution in [2.24, 2.45) is 0 Å². The molecular formula is C14H23N3OS. The minimum Gasteiger partial charge on any atom is -0.381 e. The molecule has 0 saturated carbocycles. The highest BCUT2D eigenvalue weighted by Crippen LogP contribution is 2.32. The van der Waals surface area contributed by atoms with Gasteiger partial charge in [-0.3, -0.25) is 0 Å². The number of nitrogens with zero attached hydrogens (tertiary/aromatic N) is 2. The summed E-state index contributed by atoms with van der Waals surface area (Å²) in [5.41, 5.74) is 1.18. The zero-order valence-corrected chi connectivity index (χ0v) is 12.8. The van der Waals surface area contributed by atoms with E-state index in [0.717, 1.165) is 55.7 Å². The van der Waals surface area contributed by atoms with Crippen molar-refractivity contribution in [1.29, 1.82) is 0 Å². The van der Waals surface area contributed by atoms with Crippen molar-refractivity contribution in [1.82, 2.24) is 9.97 Å². The number of hydrogen-bond acceptors (Lipinski definition) is 5. The fourth-order valence-electron chi connectivity index (χ4n) is 2.08. The summed E-state index contributed by atoms with van der Waals surface area (Å²) in [4.78, 5) is 9.11. The van der Waals surface area contributed by atoms with E-state index in [1.807, 2.05) is 18.7 Å². The predicted molar refractivity (Wildman–Crippen MR) is 80.0 cm³/mol. The van der Waals surface area contributed by atoms with E-state index >= 15 is 0 Å². The number of anilines is 1. The molecule has 1 fully saturated rings. The van der Waals surface area contributed by atoms with Gasteiger partial charge in [-0.2, -0.15) is 0 Å². The van der Waals surface area contributed by atoms with Gasteiger partial charge in [0.1, 0.15) is 16.7 Å². The van der Waals surface area contributed by atoms with Crippen molar-refractivity contribution in [2.75, 3.05) is 25.1 Å². The van der Waals surface area contributed by atoms with Crippen LogP contribution < -0.4 is 5.32 Å². The van der Waals surface area contributed by atoms with Crippen LogP contribution in [0.5, 0.6) is 0 Å². The van der Waals surface area contributed by atoms with Gasteiger partial charge in [-0.25, -0.2) is 9.97 Å². The van der Waals surface area contributed by atoms with E-state index in [9.17, 15) is 0 Å². The van der Waals surface area contributed by atoms with Crippen LogP contribution in [0, 0.1) is 13.8 Å². The molecule has 5 heteroatoms. The molecule has 1 aliphatic heterocycles. The molecule has 0 spiro atoms. The fraction of sp³-hybridized carbons (Fsp3) is 0.714. The van der Waals surface area contributed by atoms with Gasteiger partial charge in [-0.1, -0.05) is 6.92 Å². The molecule has 0 amide bonds. The third kappa shape index (κ3) is 4.08. The quantitative estimate of drug-likeness (QED) is 0.840. The van der Waals surface area contributed by atoms with Crippen LogP contribution in [0.3, 0.4) is 0 Å². The van der Waals surface area contributed by atoms with E-state index in [1.165, 1.54) is 5.56 Å². The van der Waals surface area contributed by atoms with Crippen molar-refractivity contribution in [2.45, 2.75) is 50.3 Å². The Labute approximate surface area is 119 Å². The van der Waals surface area contributed by atoms with E-state index in [4.69, 9.17) is 4.74 Å². The highest BCUT2D eigenvalue weighted by Gasteiger charge is 2.18. The van der Waals surface area contributed by atoms with Gasteiger partial charge >= 0.3 is 0 Å². The van der Waals surface area contributed by atoms with Crippen molar-refractivity contribution in [3.8, 4) is 0 Å². The Balaban J connectivity index is 2.11. The molecule has 0 bridgehead atoms. The maximum Gasteiger partial charge on any atom is 0.133 e. The molecule has 0 unspecified atom stereocenters. The largest absolute Gasteiger partial charge is 0.381 e. The zero-order chi connectivity index (χ0) is 13.7. The average molecular weight is 281 g/mol. The van der Waals surface area contributed by atoms with E-state index in [1.54, 1.807) is 0 Å². The van der Waals surface area contributed by atoms with Crippen LogP contribution in [0.1, 0.15) is 37.6 Å². The molecule has 106 valence electrons. The van der Waals surface area contributed by atoms with E-state index in [-0.39, 0.29) is 0 Å². The molecule has 0 aromatic carbocycles. The lowest BCUT2D eigenvalue weighted by Gasteiger charge is -2.22. The van der Waals surface area contributed by atoms with Gasteiger partial charge in [0.2, 0.25) is 0 Å². The first-order chi connectivity index (χ1) is 9.20. The maximum atomic E-state index is 5.41. The molecule has 0 radical (unpaired) electrons. The summed E-state index contributed by atoms with van der Waals surface area (Å²) in [5, 5.41) is 5.14. The van der Waals surface area contributed by atoms with Crippen molar-refractivity contribution in [3.63, 3.8) is 0 Å². The minimum atomic E-state index is 0.626. The Morgan fingerprint density at radius 3 is 2.68 bits per heavy atom. The molecule has 1 N–H and O–H groups in total. The maximum absolute atomic E-state index is 5.41. The van der Waals surface area contributed by atoms with Crippen LogP contribution in [0.2, 0.25) is 0 Å². The predicted octanol–water partition coefficient (Wildman–Crippen LogP) is 3.19. The summed E-state index contributed by atoms with van der Waals surface area (Å²) in [6.07, 6.45) is 3.33. The molecule has 1 aliphatic rings. The Morgan fingerprint density at radius 1 is 1.26 bits per heavy atom. The molecule has 1 saturated heterocycles. The van der Waals surface area contributed by atoms with Crippen LogP contribution in [-0.2, 0) is 4.74 Å². The summed E-state index contributed by atoms with van der Waals surface area (Å²) in [5.74, 6) is 1.84. The summed E-state index contributed by atoms with van der Waals surface area (Å²) >= 11 is 1.88. The highest BCUT2D eigenvalue weighted by atomic mass is 32.2. The van der Waals surface area contributed by atoms with Gasteiger partial charge in [-0.05, 0) is 33.1 Å². The Kier molecular flexibility index (Phi) is 5.45. The minimum absolute atomic E-state index is 0.626. The van der Waals surface area contributed by atoms with E-state index < -0.39 is 0 Å². The third-order valence-electron chi connectivity index (χ3n) is 3.20. The number of ether oxygens (including phenoxy) is 1. The molecule has 1 aromatic heterocycles. The standard InChI is InChI=1S/C14H23N3OS/c1-4-7-15-13-10(2)14(17-11(3)16-13)19-12-5-8-18-9-6-12/h12H,4-9H2,1-3H3,(H,15,16,17). The molecule has 2 rings (SSSR count). The Morgan fingerprint density at radius 2 is 2.00 bits per heavy atom. The van der Waals surface area contributed by atoms with E-state index in [0.29, 0.717) is 5.25 Å². The summed E-state index contributed by atoms with van der Waals surface area (Å²) < 4.78 is 5.41. The second-order valence-electron chi connectivity index (χ2n) is 4.91. The van der Waals surface area contributed by atoms with Crippen LogP contribution in [-0.4, -0.2) is 35.0 Å². The highest BCUT2D eigenvalue weighted by molar-refractivity contribution is 7.99. The average Bonchev–Trinajstić information content (AvgIpc) is 2.42. The topological polar surface area (TPSA) is 47.0 Å². The molecule has 0 aliphatic carbocycles. The smallest absolute Gasteiger partial charge is 0.133 e. The van der Waals surface area contributed by atoms with Crippen LogP contribution in [0.25, 0.3) is 0 Å². The summed E-state index contributed by atoms with van der Waals surface area (Å²) in [6.45, 7) is 8.94. The van der Waals surface area contributed by atoms with Crippen LogP contribution in [0.15, 0.2) is 5.03 Å². The summed E-state index contributed by atoms with van der Waals surface area (Å²) in [7, 11) is 0. The molecule has 4 nitrogen and oxygen atoms in total. The lowest BCUT2D eigenvalue weighted by Crippen LogP contribution is -2.18. The van der Waals surface area contributed by atoms with Gasteiger partial charge in [0, 0.05) is 30.6 Å². The third-order valence-corrected chi connectivity index (χ3v) is 4.63. The fourth-order valence-corrected chi connectivity index (χ4v) is 3.29. The number of aryl methyl sites for hydroxylation is 1. The normalized spacial score (nSPS) is 16.6. The second-order valence-corrected chi connectivity index (χ2v) is 6.20. The molecule has 2 heterocycles. The van der Waals surface area contributed by atoms with Gasteiger partial charge in [0.05, 0.1) is 0 Å². The van der Waals surface area contributed by atoms with Crippen molar-refractivity contribution < 1.29 is 4.74 Å². The molecular weight excluding hydrogens is 258 g/mol. The van der Waals surface area contributed by atoms with Crippen LogP contribution >= 0.6 is 11.8 Å². The number of aromatic nitrogens is 2. The van der Waals surface area contributed by atoms with Gasteiger partial charge in [-0.15, -0.1) is 11.8 Å². The Bertz CT molecular complexity index is 419. The molecule has 0 atom stereocenters. The zero-order valence-electron chi connectivity index (χ0n) is 12.0. The monoisotopic (exact) mass is 281 g/mol. The Hall–Kier alpha value is -0.810. The number of hydrogen-bond donors (Lipinski definition) is 1. The lowest BCUT2D eigenvalue weighted by molar-refractivity contribution is 0.1000. The first kappa shape index (κ1) is 14.6. The van der Waals surface area contributed by atoms with Crippen molar-refractivity contribution in [3.05, 3.63) is 11.4 Å². The number of nitrogens with one attached hydrogen (secondary N) is 1. The van der Waals surface area contributed by atoms with Crippen molar-refractivity contribution >= 4 is 17.6 Å². The first-order valence-electron chi connectivity index (χ1n) is 7.04. The number of thioether (sulfide) groups is 1. The van der Waals surface area contributed by atoms with Crippen LogP contribution in [0.4, 0.5) is 5.82 Å². The summed E-state index contributed by atoms with van der Waals surface area (Å²) in [6, 6.07) is 0. The van der Waals surface area contributed by atoms with Gasteiger partial charge < -0.3 is 10.1 Å². The van der Waals surface area contributed by atoms with Gasteiger partial charge in [0.15, 0.2) is 0 Å². The SMILES string of the molecule is CCCNc1nc(C)nc(SC2CCOCC2)c1C. The second kappa shape index (κ2) is 7.10. The van der Waals surface area contributed by atoms with E-state index in [2.05, 4.69) is 29.1 Å². The van der Waals surface area contributed by atoms with Gasteiger partial charge in [0.25, 0.3) is 0 Å². The first-order valence-corrected chi connectivity index (χ1v) is 7.92. The molecule has 19 heavy (non-hydrogen) atoms.